The van der Waals surface area contributed by atoms with Gasteiger partial charge in [0.1, 0.15) is 17.7 Å². The molecule has 0 N–H and O–H groups in total. The molecule has 3 fully saturated rings. The standard InChI is InChI=1S/C31H33ClF2N6O2/c1-19(33)30(41)39-16-14-38(15-17-39)29-21-10-13-40(25-5-2-4-20-6-7-22(34)28(32)27(20)25)18-23(21)35-31(36-29)42-26-9-8-24(26)37-11-3-12-37/h2,4-7,24,26H,1,3,8-18H2. The van der Waals surface area contributed by atoms with Crippen molar-refractivity contribution in [3.05, 3.63) is 64.8 Å². The second kappa shape index (κ2) is 11.0. The fraction of sp³-hybridized carbons (Fsp3) is 0.452. The van der Waals surface area contributed by atoms with Crippen LogP contribution in [0.2, 0.25) is 5.02 Å². The van der Waals surface area contributed by atoms with Crippen LogP contribution < -0.4 is 14.5 Å². The summed E-state index contributed by atoms with van der Waals surface area (Å²) in [6.07, 6.45) is 4.04. The maximum atomic E-state index is 14.5. The van der Waals surface area contributed by atoms with Gasteiger partial charge in [-0.15, -0.1) is 0 Å². The number of halogens is 3. The molecular weight excluding hydrogens is 562 g/mol. The van der Waals surface area contributed by atoms with Crippen LogP contribution in [0.3, 0.4) is 0 Å². The van der Waals surface area contributed by atoms with Gasteiger partial charge in [0.15, 0.2) is 5.83 Å². The number of hydrogen-bond acceptors (Lipinski definition) is 7. The van der Waals surface area contributed by atoms with Crippen LogP contribution in [0.25, 0.3) is 10.8 Å². The Bertz CT molecular complexity index is 1560. The van der Waals surface area contributed by atoms with Gasteiger partial charge >= 0.3 is 6.01 Å². The van der Waals surface area contributed by atoms with Gasteiger partial charge in [-0.05, 0) is 56.3 Å². The molecule has 4 aliphatic rings. The molecule has 2 saturated heterocycles. The molecule has 1 aliphatic carbocycles. The fourth-order valence-corrected chi connectivity index (χ4v) is 6.84. The third kappa shape index (κ3) is 4.84. The van der Waals surface area contributed by atoms with Crippen molar-refractivity contribution >= 4 is 39.8 Å². The minimum atomic E-state index is -0.940. The number of piperazine rings is 1. The maximum absolute atomic E-state index is 14.5. The Labute approximate surface area is 248 Å². The summed E-state index contributed by atoms with van der Waals surface area (Å²) in [5.41, 5.74) is 2.76. The molecule has 1 amide bonds. The first-order valence-electron chi connectivity index (χ1n) is 14.7. The predicted octanol–water partition coefficient (Wildman–Crippen LogP) is 4.73. The normalized spacial score (nSPS) is 22.4. The molecule has 0 bridgehead atoms. The summed E-state index contributed by atoms with van der Waals surface area (Å²) >= 11 is 6.48. The van der Waals surface area contributed by atoms with E-state index in [2.05, 4.69) is 21.3 Å². The summed E-state index contributed by atoms with van der Waals surface area (Å²) in [5.74, 6) is -1.24. The molecule has 42 heavy (non-hydrogen) atoms. The zero-order valence-corrected chi connectivity index (χ0v) is 24.1. The fourth-order valence-electron chi connectivity index (χ4n) is 6.57. The van der Waals surface area contributed by atoms with Crippen molar-refractivity contribution in [3.63, 3.8) is 0 Å². The molecule has 2 aromatic carbocycles. The van der Waals surface area contributed by atoms with Gasteiger partial charge < -0.3 is 19.4 Å². The summed E-state index contributed by atoms with van der Waals surface area (Å²) in [4.78, 5) is 30.3. The highest BCUT2D eigenvalue weighted by Crippen LogP contribution is 2.39. The van der Waals surface area contributed by atoms with Crippen molar-refractivity contribution in [1.82, 2.24) is 19.8 Å². The van der Waals surface area contributed by atoms with Crippen LogP contribution in [0.15, 0.2) is 42.7 Å². The Morgan fingerprint density at radius 1 is 1.00 bits per heavy atom. The van der Waals surface area contributed by atoms with Crippen LogP contribution in [0.1, 0.15) is 30.5 Å². The lowest BCUT2D eigenvalue weighted by atomic mass is 9.86. The van der Waals surface area contributed by atoms with E-state index in [1.165, 1.54) is 17.4 Å². The molecule has 3 aromatic rings. The topological polar surface area (TPSA) is 65.0 Å². The number of fused-ring (bicyclic) bond motifs is 2. The summed E-state index contributed by atoms with van der Waals surface area (Å²) < 4.78 is 34.5. The van der Waals surface area contributed by atoms with Crippen LogP contribution in [-0.4, -0.2) is 83.6 Å². The number of carbonyl (C=O) groups excluding carboxylic acids is 1. The molecule has 4 heterocycles. The highest BCUT2D eigenvalue weighted by atomic mass is 35.5. The monoisotopic (exact) mass is 594 g/mol. The van der Waals surface area contributed by atoms with Crippen LogP contribution >= 0.6 is 11.6 Å². The Balaban J connectivity index is 1.20. The van der Waals surface area contributed by atoms with E-state index in [1.54, 1.807) is 6.07 Å². The van der Waals surface area contributed by atoms with Gasteiger partial charge in [0.05, 0.1) is 17.3 Å². The molecule has 11 heteroatoms. The van der Waals surface area contributed by atoms with Crippen molar-refractivity contribution in [2.75, 3.05) is 55.6 Å². The van der Waals surface area contributed by atoms with E-state index in [4.69, 9.17) is 26.3 Å². The molecule has 1 aromatic heterocycles. The number of ether oxygens (including phenoxy) is 1. The first-order valence-corrected chi connectivity index (χ1v) is 15.1. The third-order valence-corrected chi connectivity index (χ3v) is 9.54. The van der Waals surface area contributed by atoms with Crippen molar-refractivity contribution in [2.45, 2.75) is 44.4 Å². The van der Waals surface area contributed by atoms with E-state index in [0.29, 0.717) is 63.1 Å². The minimum Gasteiger partial charge on any atom is -0.458 e. The largest absolute Gasteiger partial charge is 0.458 e. The van der Waals surface area contributed by atoms with E-state index in [-0.39, 0.29) is 11.1 Å². The van der Waals surface area contributed by atoms with Gasteiger partial charge in [0.25, 0.3) is 5.91 Å². The van der Waals surface area contributed by atoms with Gasteiger partial charge in [0.2, 0.25) is 0 Å². The SMILES string of the molecule is C=C(F)C(=O)N1CCN(c2nc(OC3CCC3N3CCC3)nc3c2CCN(c2cccc4ccc(F)c(Cl)c24)C3)CC1. The number of amides is 1. The second-order valence-electron chi connectivity index (χ2n) is 11.5. The lowest BCUT2D eigenvalue weighted by Gasteiger charge is -2.47. The number of carbonyl (C=O) groups is 1. The zero-order chi connectivity index (χ0) is 29.0. The summed E-state index contributed by atoms with van der Waals surface area (Å²) in [5, 5.41) is 1.68. The Kier molecular flexibility index (Phi) is 7.14. The van der Waals surface area contributed by atoms with E-state index < -0.39 is 17.6 Å². The number of likely N-dealkylation sites (tertiary alicyclic amines) is 1. The van der Waals surface area contributed by atoms with Crippen LogP contribution in [0.5, 0.6) is 6.01 Å². The molecular formula is C31H33ClF2N6O2. The highest BCUT2D eigenvalue weighted by Gasteiger charge is 2.40. The van der Waals surface area contributed by atoms with Crippen molar-refractivity contribution in [1.29, 1.82) is 0 Å². The number of hydrogen-bond donors (Lipinski definition) is 0. The summed E-state index contributed by atoms with van der Waals surface area (Å²) in [6.45, 7) is 8.34. The van der Waals surface area contributed by atoms with Crippen LogP contribution in [-0.2, 0) is 17.8 Å². The van der Waals surface area contributed by atoms with Crippen LogP contribution in [0, 0.1) is 5.82 Å². The number of anilines is 2. The number of benzene rings is 2. The van der Waals surface area contributed by atoms with E-state index in [1.807, 2.05) is 18.2 Å². The van der Waals surface area contributed by atoms with Gasteiger partial charge in [-0.1, -0.05) is 36.4 Å². The molecule has 7 rings (SSSR count). The maximum Gasteiger partial charge on any atom is 0.319 e. The predicted molar refractivity (Wildman–Crippen MR) is 158 cm³/mol. The molecule has 3 aliphatic heterocycles. The summed E-state index contributed by atoms with van der Waals surface area (Å²) in [6, 6.07) is 9.77. The molecule has 2 atom stereocenters. The van der Waals surface area contributed by atoms with Crippen molar-refractivity contribution < 1.29 is 18.3 Å². The van der Waals surface area contributed by atoms with Gasteiger partial charge in [-0.3, -0.25) is 9.69 Å². The van der Waals surface area contributed by atoms with E-state index in [9.17, 15) is 13.6 Å². The number of nitrogens with zero attached hydrogens (tertiary/aromatic N) is 6. The molecule has 0 radical (unpaired) electrons. The average Bonchev–Trinajstić information content (AvgIpc) is 2.97. The molecule has 2 unspecified atom stereocenters. The lowest BCUT2D eigenvalue weighted by molar-refractivity contribution is -0.128. The Hall–Kier alpha value is -3.50. The van der Waals surface area contributed by atoms with Crippen LogP contribution in [0.4, 0.5) is 20.3 Å². The Morgan fingerprint density at radius 2 is 1.81 bits per heavy atom. The molecule has 0 spiro atoms. The minimum absolute atomic E-state index is 0.0563. The Morgan fingerprint density at radius 3 is 2.50 bits per heavy atom. The number of aromatic nitrogens is 2. The highest BCUT2D eigenvalue weighted by molar-refractivity contribution is 6.36. The van der Waals surface area contributed by atoms with Gasteiger partial charge in [-0.2, -0.15) is 9.97 Å². The smallest absolute Gasteiger partial charge is 0.319 e. The van der Waals surface area contributed by atoms with Crippen molar-refractivity contribution in [2.24, 2.45) is 0 Å². The molecule has 1 saturated carbocycles. The second-order valence-corrected chi connectivity index (χ2v) is 11.9. The number of rotatable bonds is 6. The first kappa shape index (κ1) is 27.3. The van der Waals surface area contributed by atoms with Gasteiger partial charge in [-0.25, -0.2) is 8.78 Å². The zero-order valence-electron chi connectivity index (χ0n) is 23.4. The molecule has 8 nitrogen and oxygen atoms in total. The summed E-state index contributed by atoms with van der Waals surface area (Å²) in [7, 11) is 0. The van der Waals surface area contributed by atoms with E-state index >= 15 is 0 Å². The first-order chi connectivity index (χ1) is 20.4. The lowest BCUT2D eigenvalue weighted by Crippen LogP contribution is -2.57. The quantitative estimate of drug-likeness (QED) is 0.382. The average molecular weight is 595 g/mol. The van der Waals surface area contributed by atoms with E-state index in [0.717, 1.165) is 54.1 Å². The van der Waals surface area contributed by atoms with Crippen molar-refractivity contribution in [3.8, 4) is 6.01 Å². The molecule has 220 valence electrons. The van der Waals surface area contributed by atoms with Gasteiger partial charge in [0, 0.05) is 55.4 Å². The third-order valence-electron chi connectivity index (χ3n) is 9.17.